The maximum absolute atomic E-state index is 12.3. The molecule has 0 N–H and O–H groups in total. The molecule has 2 aliphatic heterocycles. The van der Waals surface area contributed by atoms with Gasteiger partial charge in [0.15, 0.2) is 0 Å². The van der Waals surface area contributed by atoms with Crippen molar-refractivity contribution in [1.82, 2.24) is 4.90 Å². The third kappa shape index (κ3) is 1.22. The van der Waals surface area contributed by atoms with Crippen LogP contribution in [0.4, 0.5) is 0 Å². The number of carbonyl (C=O) groups excluding carboxylic acids is 1. The van der Waals surface area contributed by atoms with Gasteiger partial charge in [-0.25, -0.2) is 0 Å². The normalized spacial score (nSPS) is 44.9. The summed E-state index contributed by atoms with van der Waals surface area (Å²) in [6.45, 7) is 8.97. The summed E-state index contributed by atoms with van der Waals surface area (Å²) in [5, 5.41) is 0. The van der Waals surface area contributed by atoms with E-state index in [1.807, 2.05) is 11.8 Å². The van der Waals surface area contributed by atoms with Crippen LogP contribution in [-0.4, -0.2) is 26.5 Å². The van der Waals surface area contributed by atoms with Crippen molar-refractivity contribution in [2.45, 2.75) is 56.2 Å². The predicted molar refractivity (Wildman–Crippen MR) is 62.6 cm³/mol. The maximum Gasteiger partial charge on any atom is 0.227 e. The van der Waals surface area contributed by atoms with Gasteiger partial charge in [-0.1, -0.05) is 0 Å². The van der Waals surface area contributed by atoms with E-state index in [-0.39, 0.29) is 9.62 Å². The van der Waals surface area contributed by atoms with Gasteiger partial charge in [0.1, 0.15) is 0 Å². The molecule has 1 aliphatic carbocycles. The quantitative estimate of drug-likeness (QED) is 0.631. The molecule has 2 heterocycles. The van der Waals surface area contributed by atoms with Gasteiger partial charge in [0.2, 0.25) is 5.91 Å². The number of hydrogen-bond donors (Lipinski definition) is 0. The van der Waals surface area contributed by atoms with Gasteiger partial charge in [0, 0.05) is 16.7 Å². The molecule has 15 heavy (non-hydrogen) atoms. The number of hydrogen-bond acceptors (Lipinski definition) is 2. The number of nitrogens with zero attached hydrogens (tertiary/aromatic N) is 1. The molecule has 0 aromatic carbocycles. The first-order chi connectivity index (χ1) is 6.83. The largest absolute Gasteiger partial charge is 0.324 e. The van der Waals surface area contributed by atoms with Crippen molar-refractivity contribution < 1.29 is 4.79 Å². The molecule has 2 nitrogen and oxygen atoms in total. The Bertz CT molecular complexity index is 337. The molecule has 0 radical (unpaired) electrons. The van der Waals surface area contributed by atoms with Crippen LogP contribution in [0.25, 0.3) is 0 Å². The molecule has 1 saturated carbocycles. The van der Waals surface area contributed by atoms with Crippen molar-refractivity contribution in [3.05, 3.63) is 0 Å². The fourth-order valence-electron chi connectivity index (χ4n) is 3.53. The summed E-state index contributed by atoms with van der Waals surface area (Å²) in [6, 6.07) is 0.466. The lowest BCUT2D eigenvalue weighted by Crippen LogP contribution is -2.52. The minimum Gasteiger partial charge on any atom is -0.324 e. The molecule has 1 amide bonds. The molecule has 0 aromatic rings. The monoisotopic (exact) mass is 225 g/mol. The summed E-state index contributed by atoms with van der Waals surface area (Å²) >= 11 is 1.96. The molecule has 3 aliphatic rings. The van der Waals surface area contributed by atoms with Crippen LogP contribution in [0.5, 0.6) is 0 Å². The fourth-order valence-corrected chi connectivity index (χ4v) is 5.47. The zero-order chi connectivity index (χ0) is 11.0. The minimum atomic E-state index is -0.00118. The van der Waals surface area contributed by atoms with Crippen molar-refractivity contribution in [3.8, 4) is 0 Å². The summed E-state index contributed by atoms with van der Waals surface area (Å²) in [6.07, 6.45) is 2.39. The Morgan fingerprint density at radius 3 is 2.60 bits per heavy atom. The van der Waals surface area contributed by atoms with Crippen molar-refractivity contribution in [2.75, 3.05) is 0 Å². The summed E-state index contributed by atoms with van der Waals surface area (Å²) in [5.74, 6) is 1.53. The second-order valence-electron chi connectivity index (χ2n) is 6.21. The molecular formula is C12H19NOS. The van der Waals surface area contributed by atoms with Crippen LogP contribution in [-0.2, 0) is 4.79 Å². The van der Waals surface area contributed by atoms with Crippen LogP contribution >= 0.6 is 11.8 Å². The lowest BCUT2D eigenvalue weighted by molar-refractivity contribution is -0.140. The van der Waals surface area contributed by atoms with Gasteiger partial charge in [0.05, 0.1) is 4.87 Å². The Hall–Kier alpha value is -0.180. The highest BCUT2D eigenvalue weighted by Gasteiger charge is 2.62. The number of rotatable bonds is 0. The Labute approximate surface area is 95.8 Å². The van der Waals surface area contributed by atoms with Crippen LogP contribution in [0.15, 0.2) is 0 Å². The molecule has 0 spiro atoms. The van der Waals surface area contributed by atoms with E-state index in [1.54, 1.807) is 0 Å². The Morgan fingerprint density at radius 2 is 1.93 bits per heavy atom. The summed E-state index contributed by atoms with van der Waals surface area (Å²) < 4.78 is 0.229. The number of fused-ring (bicyclic) bond motifs is 2. The standard InChI is InChI=1S/C12H19NOS/c1-11(2)9-6-7-5-8(7)10(14)13(9)12(3,4)15-11/h7-9H,5-6H2,1-4H3/t7-,8-,9+/m0/s1. The smallest absolute Gasteiger partial charge is 0.227 e. The highest BCUT2D eigenvalue weighted by atomic mass is 32.2. The highest BCUT2D eigenvalue weighted by molar-refractivity contribution is 8.02. The molecule has 0 aromatic heterocycles. The van der Waals surface area contributed by atoms with Crippen LogP contribution in [0.3, 0.4) is 0 Å². The third-order valence-corrected chi connectivity index (χ3v) is 5.70. The summed E-state index contributed by atoms with van der Waals surface area (Å²) in [4.78, 5) is 14.4. The highest BCUT2D eigenvalue weighted by Crippen LogP contribution is 2.60. The average Bonchev–Trinajstić information content (AvgIpc) is 2.75. The first kappa shape index (κ1) is 10.0. The van der Waals surface area contributed by atoms with Gasteiger partial charge >= 0.3 is 0 Å². The Kier molecular flexibility index (Phi) is 1.70. The Morgan fingerprint density at radius 1 is 1.27 bits per heavy atom. The van der Waals surface area contributed by atoms with E-state index in [0.29, 0.717) is 23.8 Å². The van der Waals surface area contributed by atoms with Gasteiger partial charge in [0.25, 0.3) is 0 Å². The van der Waals surface area contributed by atoms with Gasteiger partial charge in [-0.2, -0.15) is 0 Å². The van der Waals surface area contributed by atoms with Gasteiger partial charge < -0.3 is 4.90 Å². The lowest BCUT2D eigenvalue weighted by Gasteiger charge is -2.39. The number of amides is 1. The molecule has 2 saturated heterocycles. The van der Waals surface area contributed by atoms with Gasteiger partial charge in [-0.05, 0) is 46.5 Å². The number of piperidine rings is 1. The molecule has 3 fully saturated rings. The Balaban J connectivity index is 2.01. The average molecular weight is 225 g/mol. The van der Waals surface area contributed by atoms with E-state index in [0.717, 1.165) is 6.42 Å². The van der Waals surface area contributed by atoms with E-state index in [9.17, 15) is 4.79 Å². The zero-order valence-electron chi connectivity index (χ0n) is 9.91. The van der Waals surface area contributed by atoms with E-state index in [2.05, 4.69) is 32.6 Å². The van der Waals surface area contributed by atoms with Crippen LogP contribution in [0, 0.1) is 11.8 Å². The lowest BCUT2D eigenvalue weighted by atomic mass is 9.91. The van der Waals surface area contributed by atoms with Gasteiger partial charge in [-0.3, -0.25) is 4.79 Å². The first-order valence-corrected chi connectivity index (χ1v) is 6.68. The number of carbonyl (C=O) groups is 1. The van der Waals surface area contributed by atoms with Gasteiger partial charge in [-0.15, -0.1) is 11.8 Å². The molecule has 0 bridgehead atoms. The van der Waals surface area contributed by atoms with Crippen LogP contribution in [0.1, 0.15) is 40.5 Å². The number of thioether (sulfide) groups is 1. The second-order valence-corrected chi connectivity index (χ2v) is 8.47. The predicted octanol–water partition coefficient (Wildman–Crippen LogP) is 2.48. The fraction of sp³-hybridized carbons (Fsp3) is 0.917. The van der Waals surface area contributed by atoms with Crippen LogP contribution < -0.4 is 0 Å². The molecule has 0 unspecified atom stereocenters. The van der Waals surface area contributed by atoms with Crippen molar-refractivity contribution in [3.63, 3.8) is 0 Å². The molecular weight excluding hydrogens is 206 g/mol. The first-order valence-electron chi connectivity index (χ1n) is 5.86. The molecule has 84 valence electrons. The van der Waals surface area contributed by atoms with E-state index in [4.69, 9.17) is 0 Å². The maximum atomic E-state index is 12.3. The van der Waals surface area contributed by atoms with Crippen molar-refractivity contribution in [2.24, 2.45) is 11.8 Å². The molecule has 3 heteroatoms. The van der Waals surface area contributed by atoms with E-state index >= 15 is 0 Å². The van der Waals surface area contributed by atoms with E-state index < -0.39 is 0 Å². The molecule has 3 atom stereocenters. The SMILES string of the molecule is CC1(C)SC(C)(C)N2C(=O)[C@H]3C[C@H]3C[C@@H]21. The zero-order valence-corrected chi connectivity index (χ0v) is 10.7. The van der Waals surface area contributed by atoms with E-state index in [1.165, 1.54) is 6.42 Å². The summed E-state index contributed by atoms with van der Waals surface area (Å²) in [5.41, 5.74) is 0. The minimum absolute atomic E-state index is 0.00118. The van der Waals surface area contributed by atoms with Crippen LogP contribution in [0.2, 0.25) is 0 Å². The van der Waals surface area contributed by atoms with Crippen molar-refractivity contribution in [1.29, 1.82) is 0 Å². The van der Waals surface area contributed by atoms with Crippen molar-refractivity contribution >= 4 is 17.7 Å². The third-order valence-electron chi connectivity index (χ3n) is 4.21. The topological polar surface area (TPSA) is 20.3 Å². The molecule has 3 rings (SSSR count). The second kappa shape index (κ2) is 2.55. The summed E-state index contributed by atoms with van der Waals surface area (Å²) in [7, 11) is 0.